The molecule has 6 heteroatoms. The van der Waals surface area contributed by atoms with Crippen molar-refractivity contribution >= 4 is 17.8 Å². The molecule has 6 nitrogen and oxygen atoms in total. The van der Waals surface area contributed by atoms with E-state index in [0.29, 0.717) is 11.1 Å². The van der Waals surface area contributed by atoms with E-state index < -0.39 is 11.9 Å². The molecule has 0 saturated carbocycles. The Kier molecular flexibility index (Phi) is 5.46. The van der Waals surface area contributed by atoms with Gasteiger partial charge in [0, 0.05) is 27.1 Å². The van der Waals surface area contributed by atoms with Crippen molar-refractivity contribution in [3.8, 4) is 0 Å². The van der Waals surface area contributed by atoms with Gasteiger partial charge in [-0.1, -0.05) is 12.1 Å². The first-order valence-corrected chi connectivity index (χ1v) is 6.57. The van der Waals surface area contributed by atoms with Crippen molar-refractivity contribution in [1.82, 2.24) is 10.2 Å². The van der Waals surface area contributed by atoms with Crippen LogP contribution in [0.1, 0.15) is 38.3 Å². The Bertz CT molecular complexity index is 579. The summed E-state index contributed by atoms with van der Waals surface area (Å²) in [6.45, 7) is 3.50. The molecule has 0 aliphatic heterocycles. The van der Waals surface area contributed by atoms with Crippen LogP contribution in [-0.4, -0.2) is 48.4 Å². The number of nitrogens with one attached hydrogen (secondary N) is 1. The Morgan fingerprint density at radius 1 is 1.10 bits per heavy atom. The summed E-state index contributed by atoms with van der Waals surface area (Å²) in [5, 5.41) is 11.9. The molecule has 2 amide bonds. The number of aromatic carboxylic acids is 1. The van der Waals surface area contributed by atoms with Crippen molar-refractivity contribution in [2.45, 2.75) is 20.3 Å². The molecule has 2 N–H and O–H groups in total. The molecule has 0 fully saturated rings. The maximum Gasteiger partial charge on any atom is 0.336 e. The Hall–Kier alpha value is -2.37. The topological polar surface area (TPSA) is 86.7 Å². The lowest BCUT2D eigenvalue weighted by atomic mass is 9.96. The molecule has 0 saturated heterocycles. The molecule has 114 valence electrons. The van der Waals surface area contributed by atoms with Crippen LogP contribution in [0.3, 0.4) is 0 Å². The van der Waals surface area contributed by atoms with Crippen LogP contribution in [0, 0.1) is 13.8 Å². The molecule has 1 aromatic rings. The second kappa shape index (κ2) is 6.88. The van der Waals surface area contributed by atoms with Gasteiger partial charge in [-0.25, -0.2) is 4.79 Å². The Morgan fingerprint density at radius 2 is 1.62 bits per heavy atom. The maximum atomic E-state index is 12.2. The maximum absolute atomic E-state index is 12.2. The molecule has 21 heavy (non-hydrogen) atoms. The van der Waals surface area contributed by atoms with E-state index in [-0.39, 0.29) is 30.0 Å². The summed E-state index contributed by atoms with van der Waals surface area (Å²) >= 11 is 0. The highest BCUT2D eigenvalue weighted by Gasteiger charge is 2.21. The van der Waals surface area contributed by atoms with Crippen LogP contribution in [0.25, 0.3) is 0 Å². The van der Waals surface area contributed by atoms with Crippen LogP contribution >= 0.6 is 0 Å². The summed E-state index contributed by atoms with van der Waals surface area (Å²) < 4.78 is 0. The monoisotopic (exact) mass is 292 g/mol. The third kappa shape index (κ3) is 4.05. The number of rotatable bonds is 5. The normalized spacial score (nSPS) is 10.1. The molecular formula is C15H20N2O4. The predicted octanol–water partition coefficient (Wildman–Crippen LogP) is 1.21. The van der Waals surface area contributed by atoms with Gasteiger partial charge in [0.2, 0.25) is 5.91 Å². The van der Waals surface area contributed by atoms with Crippen molar-refractivity contribution in [3.63, 3.8) is 0 Å². The summed E-state index contributed by atoms with van der Waals surface area (Å²) in [5.74, 6) is -1.71. The Balaban J connectivity index is 2.90. The molecule has 0 aliphatic rings. The largest absolute Gasteiger partial charge is 0.478 e. The smallest absolute Gasteiger partial charge is 0.336 e. The molecule has 0 radical (unpaired) electrons. The number of carbonyl (C=O) groups is 3. The highest BCUT2D eigenvalue weighted by molar-refractivity contribution is 6.06. The van der Waals surface area contributed by atoms with Gasteiger partial charge in [0.25, 0.3) is 5.91 Å². The van der Waals surface area contributed by atoms with Gasteiger partial charge in [-0.15, -0.1) is 0 Å². The summed E-state index contributed by atoms with van der Waals surface area (Å²) in [6.07, 6.45) is 0.173. The number of aryl methyl sites for hydroxylation is 2. The fourth-order valence-electron chi connectivity index (χ4n) is 1.97. The van der Waals surface area contributed by atoms with Crippen molar-refractivity contribution in [2.75, 3.05) is 20.6 Å². The highest BCUT2D eigenvalue weighted by atomic mass is 16.4. The number of nitrogens with zero attached hydrogens (tertiary/aromatic N) is 1. The van der Waals surface area contributed by atoms with E-state index in [1.807, 2.05) is 0 Å². The molecule has 1 rings (SSSR count). The second-order valence-electron chi connectivity index (χ2n) is 5.05. The number of carboxylic acid groups (broad SMARTS) is 1. The highest BCUT2D eigenvalue weighted by Crippen LogP contribution is 2.18. The number of carbonyl (C=O) groups excluding carboxylic acids is 2. The quantitative estimate of drug-likeness (QED) is 0.854. The summed E-state index contributed by atoms with van der Waals surface area (Å²) in [7, 11) is 3.27. The molecule has 0 spiro atoms. The zero-order valence-electron chi connectivity index (χ0n) is 12.7. The van der Waals surface area contributed by atoms with Gasteiger partial charge in [-0.2, -0.15) is 0 Å². The van der Waals surface area contributed by atoms with Crippen molar-refractivity contribution in [1.29, 1.82) is 0 Å². The number of carboxylic acids is 1. The third-order valence-corrected chi connectivity index (χ3v) is 3.19. The van der Waals surface area contributed by atoms with Crippen LogP contribution in [-0.2, 0) is 4.79 Å². The summed E-state index contributed by atoms with van der Waals surface area (Å²) in [6, 6.07) is 3.38. The molecule has 0 unspecified atom stereocenters. The first-order valence-electron chi connectivity index (χ1n) is 6.57. The molecule has 1 aromatic carbocycles. The Morgan fingerprint density at radius 3 is 2.10 bits per heavy atom. The minimum atomic E-state index is -1.13. The average molecular weight is 292 g/mol. The first-order chi connectivity index (χ1) is 9.75. The third-order valence-electron chi connectivity index (χ3n) is 3.19. The van der Waals surface area contributed by atoms with E-state index in [1.54, 1.807) is 40.1 Å². The van der Waals surface area contributed by atoms with Gasteiger partial charge in [0.15, 0.2) is 0 Å². The zero-order valence-corrected chi connectivity index (χ0v) is 12.7. The van der Waals surface area contributed by atoms with Gasteiger partial charge in [-0.05, 0) is 25.0 Å². The number of amides is 2. The lowest BCUT2D eigenvalue weighted by molar-refractivity contribution is -0.128. The first kappa shape index (κ1) is 16.7. The van der Waals surface area contributed by atoms with E-state index in [0.717, 1.165) is 0 Å². The van der Waals surface area contributed by atoms with Crippen LogP contribution < -0.4 is 5.32 Å². The average Bonchev–Trinajstić information content (AvgIpc) is 2.40. The molecule has 0 aliphatic carbocycles. The van der Waals surface area contributed by atoms with E-state index in [2.05, 4.69) is 5.32 Å². The van der Waals surface area contributed by atoms with Crippen molar-refractivity contribution in [2.24, 2.45) is 0 Å². The minimum Gasteiger partial charge on any atom is -0.478 e. The Labute approximate surface area is 123 Å². The number of benzene rings is 1. The predicted molar refractivity (Wildman–Crippen MR) is 78.5 cm³/mol. The molecule has 0 atom stereocenters. The molecule has 0 heterocycles. The fourth-order valence-corrected chi connectivity index (χ4v) is 1.97. The summed E-state index contributed by atoms with van der Waals surface area (Å²) in [4.78, 5) is 36.4. The van der Waals surface area contributed by atoms with Gasteiger partial charge in [0.1, 0.15) is 0 Å². The lowest BCUT2D eigenvalue weighted by Gasteiger charge is -2.13. The summed E-state index contributed by atoms with van der Waals surface area (Å²) in [5.41, 5.74) is 1.28. The van der Waals surface area contributed by atoms with E-state index in [1.165, 1.54) is 4.90 Å². The lowest BCUT2D eigenvalue weighted by Crippen LogP contribution is -2.31. The van der Waals surface area contributed by atoms with E-state index in [4.69, 9.17) is 0 Å². The molecular weight excluding hydrogens is 272 g/mol. The number of hydrogen-bond donors (Lipinski definition) is 2. The second-order valence-corrected chi connectivity index (χ2v) is 5.05. The van der Waals surface area contributed by atoms with Gasteiger partial charge >= 0.3 is 5.97 Å². The fraction of sp³-hybridized carbons (Fsp3) is 0.400. The van der Waals surface area contributed by atoms with Crippen molar-refractivity contribution in [3.05, 3.63) is 34.4 Å². The van der Waals surface area contributed by atoms with Gasteiger partial charge in [-0.3, -0.25) is 9.59 Å². The van der Waals surface area contributed by atoms with Crippen molar-refractivity contribution < 1.29 is 19.5 Å². The van der Waals surface area contributed by atoms with Crippen LogP contribution in [0.2, 0.25) is 0 Å². The molecule has 0 bridgehead atoms. The zero-order chi connectivity index (χ0) is 16.2. The van der Waals surface area contributed by atoms with Crippen LogP contribution in [0.15, 0.2) is 12.1 Å². The van der Waals surface area contributed by atoms with E-state index in [9.17, 15) is 19.5 Å². The SMILES string of the molecule is Cc1ccc(C)c(C(=O)NCCC(=O)N(C)C)c1C(=O)O. The molecule has 0 aromatic heterocycles. The minimum absolute atomic E-state index is 0.00596. The number of hydrogen-bond acceptors (Lipinski definition) is 3. The van der Waals surface area contributed by atoms with Crippen LogP contribution in [0.4, 0.5) is 0 Å². The van der Waals surface area contributed by atoms with Gasteiger partial charge in [0.05, 0.1) is 11.1 Å². The van der Waals surface area contributed by atoms with Crippen LogP contribution in [0.5, 0.6) is 0 Å². The van der Waals surface area contributed by atoms with E-state index >= 15 is 0 Å². The standard InChI is InChI=1S/C15H20N2O4/c1-9-5-6-10(2)13(15(20)21)12(9)14(19)16-8-7-11(18)17(3)4/h5-6H,7-8H2,1-4H3,(H,16,19)(H,20,21). The van der Waals surface area contributed by atoms with Gasteiger partial charge < -0.3 is 15.3 Å².